The van der Waals surface area contributed by atoms with Gasteiger partial charge in [0.25, 0.3) is 11.5 Å². The molecule has 2 heterocycles. The number of H-pyrrole nitrogens is 1. The highest BCUT2D eigenvalue weighted by Gasteiger charge is 2.52. The molecule has 1 saturated heterocycles. The molecule has 9 heteroatoms. The summed E-state index contributed by atoms with van der Waals surface area (Å²) in [6.07, 6.45) is 1.75. The predicted molar refractivity (Wildman–Crippen MR) is 103 cm³/mol. The molecule has 3 aliphatic rings. The van der Waals surface area contributed by atoms with Gasteiger partial charge in [0.1, 0.15) is 5.82 Å². The Hall–Kier alpha value is -2.29. The summed E-state index contributed by atoms with van der Waals surface area (Å²) in [6, 6.07) is -0.0968. The second-order valence-corrected chi connectivity index (χ2v) is 8.74. The van der Waals surface area contributed by atoms with Crippen LogP contribution in [0.4, 0.5) is 18.9 Å². The van der Waals surface area contributed by atoms with Crippen molar-refractivity contribution in [2.75, 3.05) is 18.0 Å². The maximum atomic E-state index is 15.1. The van der Waals surface area contributed by atoms with Gasteiger partial charge >= 0.3 is 5.69 Å². The molecule has 2 saturated carbocycles. The molecule has 1 aromatic heterocycles. The second-order valence-electron chi connectivity index (χ2n) is 8.74. The van der Waals surface area contributed by atoms with Gasteiger partial charge in [0.2, 0.25) is 0 Å². The summed E-state index contributed by atoms with van der Waals surface area (Å²) in [5.74, 6) is -3.93. The van der Waals surface area contributed by atoms with Gasteiger partial charge in [-0.15, -0.1) is 0 Å². The molecule has 1 aromatic carbocycles. The van der Waals surface area contributed by atoms with E-state index < -0.39 is 34.9 Å². The SMILES string of the molecule is Cc1c(N2CC3CCC(F)(F)C(N)C3C2)c(F)cc2c(=O)[nH]c(=O)n(C3CC3)c12. The van der Waals surface area contributed by atoms with Gasteiger partial charge in [-0.05, 0) is 38.2 Å². The van der Waals surface area contributed by atoms with Crippen LogP contribution in [0.5, 0.6) is 0 Å². The van der Waals surface area contributed by atoms with Gasteiger partial charge in [-0.3, -0.25) is 14.3 Å². The van der Waals surface area contributed by atoms with Gasteiger partial charge in [-0.25, -0.2) is 18.0 Å². The van der Waals surface area contributed by atoms with Gasteiger partial charge in [0, 0.05) is 37.0 Å². The summed E-state index contributed by atoms with van der Waals surface area (Å²) in [5, 5.41) is 0.134. The molecule has 0 spiro atoms. The number of halogens is 3. The Morgan fingerprint density at radius 3 is 2.62 bits per heavy atom. The van der Waals surface area contributed by atoms with Crippen LogP contribution >= 0.6 is 0 Å². The number of rotatable bonds is 2. The molecule has 0 radical (unpaired) electrons. The highest BCUT2D eigenvalue weighted by molar-refractivity contribution is 5.87. The van der Waals surface area contributed by atoms with E-state index in [0.717, 1.165) is 18.9 Å². The number of nitrogens with zero attached hydrogens (tertiary/aromatic N) is 2. The first-order valence-corrected chi connectivity index (χ1v) is 10.0. The predicted octanol–water partition coefficient (Wildman–Crippen LogP) is 2.28. The Bertz CT molecular complexity index is 1120. The largest absolute Gasteiger partial charge is 0.368 e. The van der Waals surface area contributed by atoms with Crippen molar-refractivity contribution < 1.29 is 13.2 Å². The third kappa shape index (κ3) is 2.73. The van der Waals surface area contributed by atoms with E-state index in [-0.39, 0.29) is 36.0 Å². The minimum absolute atomic E-state index is 0.00728. The number of anilines is 1. The lowest BCUT2D eigenvalue weighted by Crippen LogP contribution is -2.52. The number of fused-ring (bicyclic) bond motifs is 2. The van der Waals surface area contributed by atoms with Crippen LogP contribution in [0.3, 0.4) is 0 Å². The highest BCUT2D eigenvalue weighted by atomic mass is 19.3. The fourth-order valence-corrected chi connectivity index (χ4v) is 5.28. The van der Waals surface area contributed by atoms with E-state index in [2.05, 4.69) is 4.98 Å². The Kier molecular flexibility index (Phi) is 3.94. The van der Waals surface area contributed by atoms with Crippen LogP contribution in [-0.2, 0) is 0 Å². The maximum absolute atomic E-state index is 15.1. The summed E-state index contributed by atoms with van der Waals surface area (Å²) >= 11 is 0. The van der Waals surface area contributed by atoms with Crippen LogP contribution in [-0.4, -0.2) is 34.6 Å². The molecule has 1 aliphatic heterocycles. The lowest BCUT2D eigenvalue weighted by molar-refractivity contribution is -0.0794. The number of hydrogen-bond acceptors (Lipinski definition) is 4. The van der Waals surface area contributed by atoms with E-state index in [1.807, 2.05) is 0 Å². The summed E-state index contributed by atoms with van der Waals surface area (Å²) in [6.45, 7) is 2.37. The Labute approximate surface area is 164 Å². The average Bonchev–Trinajstić information content (AvgIpc) is 3.39. The summed E-state index contributed by atoms with van der Waals surface area (Å²) in [5.41, 5.74) is 5.95. The minimum atomic E-state index is -2.91. The first-order valence-electron chi connectivity index (χ1n) is 10.0. The van der Waals surface area contributed by atoms with E-state index in [9.17, 15) is 18.4 Å². The maximum Gasteiger partial charge on any atom is 0.329 e. The molecular weight excluding hydrogens is 385 g/mol. The van der Waals surface area contributed by atoms with Crippen molar-refractivity contribution in [2.24, 2.45) is 17.6 Å². The Morgan fingerprint density at radius 1 is 1.21 bits per heavy atom. The van der Waals surface area contributed by atoms with Gasteiger partial charge < -0.3 is 10.6 Å². The van der Waals surface area contributed by atoms with Crippen molar-refractivity contribution in [1.82, 2.24) is 9.55 Å². The van der Waals surface area contributed by atoms with Crippen LogP contribution in [0.2, 0.25) is 0 Å². The number of hydrogen-bond donors (Lipinski definition) is 2. The zero-order valence-electron chi connectivity index (χ0n) is 16.1. The number of nitrogens with one attached hydrogen (secondary N) is 1. The summed E-state index contributed by atoms with van der Waals surface area (Å²) in [7, 11) is 0. The molecule has 0 amide bonds. The number of alkyl halides is 2. The topological polar surface area (TPSA) is 84.1 Å². The van der Waals surface area contributed by atoms with Crippen molar-refractivity contribution in [3.05, 3.63) is 38.3 Å². The molecule has 2 aliphatic carbocycles. The van der Waals surface area contributed by atoms with Crippen LogP contribution in [0.15, 0.2) is 15.7 Å². The van der Waals surface area contributed by atoms with E-state index >= 15 is 4.39 Å². The van der Waals surface area contributed by atoms with Gasteiger partial charge in [-0.2, -0.15) is 0 Å². The Balaban J connectivity index is 1.64. The van der Waals surface area contributed by atoms with Crippen LogP contribution < -0.4 is 21.9 Å². The highest BCUT2D eigenvalue weighted by Crippen LogP contribution is 2.46. The van der Waals surface area contributed by atoms with Gasteiger partial charge in [0.05, 0.1) is 22.6 Å². The van der Waals surface area contributed by atoms with E-state index in [1.165, 1.54) is 4.57 Å². The first kappa shape index (κ1) is 18.7. The summed E-state index contributed by atoms with van der Waals surface area (Å²) in [4.78, 5) is 28.8. The molecule has 3 N–H and O–H groups in total. The smallest absolute Gasteiger partial charge is 0.329 e. The number of benzene rings is 1. The van der Waals surface area contributed by atoms with E-state index in [4.69, 9.17) is 5.73 Å². The standard InChI is InChI=1S/C20H23F3N4O2/c1-9-15-12(18(28)25-19(29)27(15)11-2-3-11)6-14(21)16(9)26-7-10-4-5-20(22,23)17(24)13(10)8-26/h6,10-11,13,17H,2-5,7-8,24H2,1H3,(H,25,28,29). The van der Waals surface area contributed by atoms with Gasteiger partial charge in [0.15, 0.2) is 0 Å². The third-order valence-electron chi connectivity index (χ3n) is 6.90. The molecule has 6 nitrogen and oxygen atoms in total. The van der Waals surface area contributed by atoms with E-state index in [1.54, 1.807) is 11.8 Å². The number of aromatic nitrogens is 2. The molecule has 3 unspecified atom stereocenters. The lowest BCUT2D eigenvalue weighted by atomic mass is 9.76. The monoisotopic (exact) mass is 408 g/mol. The van der Waals surface area contributed by atoms with Crippen molar-refractivity contribution in [3.8, 4) is 0 Å². The Morgan fingerprint density at radius 2 is 1.93 bits per heavy atom. The zero-order chi connectivity index (χ0) is 20.7. The number of nitrogens with two attached hydrogens (primary N) is 1. The lowest BCUT2D eigenvalue weighted by Gasteiger charge is -2.36. The normalized spacial score (nSPS) is 28.7. The van der Waals surface area contributed by atoms with Crippen molar-refractivity contribution in [1.29, 1.82) is 0 Å². The summed E-state index contributed by atoms with van der Waals surface area (Å²) < 4.78 is 44.8. The quantitative estimate of drug-likeness (QED) is 0.799. The molecule has 2 aromatic rings. The van der Waals surface area contributed by atoms with Crippen LogP contribution in [0.25, 0.3) is 10.9 Å². The number of aryl methyl sites for hydroxylation is 1. The minimum Gasteiger partial charge on any atom is -0.368 e. The molecule has 5 rings (SSSR count). The molecule has 29 heavy (non-hydrogen) atoms. The van der Waals surface area contributed by atoms with Crippen LogP contribution in [0.1, 0.15) is 37.3 Å². The zero-order valence-corrected chi connectivity index (χ0v) is 16.1. The third-order valence-corrected chi connectivity index (χ3v) is 6.90. The van der Waals surface area contributed by atoms with Gasteiger partial charge in [-0.1, -0.05) is 0 Å². The number of aromatic amines is 1. The molecule has 0 bridgehead atoms. The average molecular weight is 408 g/mol. The molecular formula is C20H23F3N4O2. The first-order chi connectivity index (χ1) is 13.7. The second kappa shape index (κ2) is 6.10. The fraction of sp³-hybridized carbons (Fsp3) is 0.600. The van der Waals surface area contributed by atoms with Crippen molar-refractivity contribution >= 4 is 16.6 Å². The van der Waals surface area contributed by atoms with Crippen molar-refractivity contribution in [2.45, 2.75) is 50.6 Å². The van der Waals surface area contributed by atoms with E-state index in [0.29, 0.717) is 24.0 Å². The molecule has 156 valence electrons. The van der Waals surface area contributed by atoms with Crippen LogP contribution in [0, 0.1) is 24.6 Å². The molecule has 3 atom stereocenters. The molecule has 3 fully saturated rings. The fourth-order valence-electron chi connectivity index (χ4n) is 5.28. The van der Waals surface area contributed by atoms with Crippen molar-refractivity contribution in [3.63, 3.8) is 0 Å².